The Labute approximate surface area is 216 Å². The van der Waals surface area contributed by atoms with Crippen molar-refractivity contribution in [2.75, 3.05) is 6.93 Å². The van der Waals surface area contributed by atoms with Crippen LogP contribution >= 0.6 is 0 Å². The van der Waals surface area contributed by atoms with Gasteiger partial charge in [-0.3, -0.25) is 0 Å². The van der Waals surface area contributed by atoms with E-state index in [-0.39, 0.29) is 17.5 Å². The highest BCUT2D eigenvalue weighted by atomic mass is 32.2. The van der Waals surface area contributed by atoms with Gasteiger partial charge in [-0.2, -0.15) is 13.2 Å². The molecule has 0 bridgehead atoms. The zero-order chi connectivity index (χ0) is 28.5. The van der Waals surface area contributed by atoms with Crippen molar-refractivity contribution in [3.05, 3.63) is 59.8 Å². The summed E-state index contributed by atoms with van der Waals surface area (Å²) in [6.45, 7) is 4.73. The monoisotopic (exact) mass is 566 g/mol. The average molecular weight is 567 g/mol. The first-order valence-electron chi connectivity index (χ1n) is 11.7. The molecule has 1 aromatic heterocycles. The van der Waals surface area contributed by atoms with E-state index in [1.54, 1.807) is 30.5 Å². The molecule has 1 heterocycles. The zero-order valence-electron chi connectivity index (χ0n) is 21.0. The molecule has 3 aromatic rings. The van der Waals surface area contributed by atoms with Crippen molar-refractivity contribution in [3.8, 4) is 11.1 Å². The number of hydrogen-bond donors (Lipinski definition) is 1. The third-order valence-electron chi connectivity index (χ3n) is 6.11. The summed E-state index contributed by atoms with van der Waals surface area (Å²) >= 11 is 0. The van der Waals surface area contributed by atoms with Crippen LogP contribution in [0.25, 0.3) is 22.0 Å². The molecule has 4 nitrogen and oxygen atoms in total. The van der Waals surface area contributed by atoms with Crippen LogP contribution in [0.4, 0.5) is 30.7 Å². The highest BCUT2D eigenvalue weighted by Crippen LogP contribution is 2.41. The van der Waals surface area contributed by atoms with Crippen LogP contribution in [0.15, 0.2) is 48.7 Å². The van der Waals surface area contributed by atoms with Gasteiger partial charge in [0.2, 0.25) is 17.0 Å². The summed E-state index contributed by atoms with van der Waals surface area (Å²) in [6, 6.07) is 10.3. The Bertz CT molecular complexity index is 1370. The largest absolute Gasteiger partial charge is 0.417 e. The van der Waals surface area contributed by atoms with Crippen LogP contribution in [0, 0.1) is 5.41 Å². The molecule has 1 N–H and O–H groups in total. The first kappa shape index (κ1) is 29.9. The number of halogens is 7. The van der Waals surface area contributed by atoms with Crippen molar-refractivity contribution in [1.82, 2.24) is 9.29 Å². The lowest BCUT2D eigenvalue weighted by molar-refractivity contribution is -0.137. The summed E-state index contributed by atoms with van der Waals surface area (Å²) in [7, 11) is -3.92. The first-order valence-corrected chi connectivity index (χ1v) is 13.3. The first-order chi connectivity index (χ1) is 17.5. The Morgan fingerprint density at radius 1 is 1.03 bits per heavy atom. The fourth-order valence-corrected chi connectivity index (χ4v) is 5.94. The molecule has 0 radical (unpaired) electrons. The normalized spacial score (nSPS) is 16.2. The lowest BCUT2D eigenvalue weighted by Gasteiger charge is -2.34. The van der Waals surface area contributed by atoms with Crippen molar-refractivity contribution in [2.45, 2.75) is 64.1 Å². The van der Waals surface area contributed by atoms with Crippen LogP contribution in [-0.4, -0.2) is 31.1 Å². The van der Waals surface area contributed by atoms with Gasteiger partial charge in [0.1, 0.15) is 0 Å². The van der Waals surface area contributed by atoms with Crippen LogP contribution in [0.1, 0.15) is 44.7 Å². The van der Waals surface area contributed by atoms with Crippen LogP contribution in [0.2, 0.25) is 0 Å². The smallest absolute Gasteiger partial charge is 0.347 e. The van der Waals surface area contributed by atoms with E-state index in [1.165, 1.54) is 12.1 Å². The molecule has 0 aliphatic heterocycles. The van der Waals surface area contributed by atoms with Crippen LogP contribution in [0.5, 0.6) is 0 Å². The second-order valence-corrected chi connectivity index (χ2v) is 12.5. The summed E-state index contributed by atoms with van der Waals surface area (Å²) in [5.74, 6) is -2.95. The van der Waals surface area contributed by atoms with Crippen LogP contribution in [0.3, 0.4) is 0 Å². The summed E-state index contributed by atoms with van der Waals surface area (Å²) in [6.07, 6.45) is -4.14. The molecule has 1 fully saturated rings. The van der Waals surface area contributed by atoms with Gasteiger partial charge in [0, 0.05) is 43.0 Å². The molecule has 210 valence electrons. The second-order valence-electron chi connectivity index (χ2n) is 10.5. The maximum Gasteiger partial charge on any atom is 0.417 e. The number of aromatic nitrogens is 1. The number of benzene rings is 2. The number of nitrogens with one attached hydrogen (secondary N) is 1. The molecular formula is C26H29F7N2O2S. The molecule has 1 saturated carbocycles. The fourth-order valence-electron chi connectivity index (χ4n) is 4.42. The maximum atomic E-state index is 13.6. The van der Waals surface area contributed by atoms with Crippen molar-refractivity contribution < 1.29 is 39.2 Å². The number of sulfonamides is 1. The molecule has 12 heteroatoms. The van der Waals surface area contributed by atoms with E-state index in [0.717, 1.165) is 6.07 Å². The molecular weight excluding hydrogens is 537 g/mol. The SMILES string of the molecule is CC(C)(C)Cn1cc(CNS(=O)(=O)C2CC(F)(F)C2)c2ccc(-c3ccccc3C(F)(F)F)cc21.FCF. The Hall–Kier alpha value is -2.60. The zero-order valence-corrected chi connectivity index (χ0v) is 21.9. The number of rotatable bonds is 6. The van der Waals surface area contributed by atoms with Gasteiger partial charge in [-0.15, -0.1) is 0 Å². The van der Waals surface area contributed by atoms with E-state index in [9.17, 15) is 39.2 Å². The van der Waals surface area contributed by atoms with E-state index in [2.05, 4.69) is 4.72 Å². The number of nitrogens with zero attached hydrogens (tertiary/aromatic N) is 1. The fraction of sp³-hybridized carbons (Fsp3) is 0.462. The Morgan fingerprint density at radius 3 is 2.18 bits per heavy atom. The van der Waals surface area contributed by atoms with Crippen molar-refractivity contribution in [2.24, 2.45) is 5.41 Å². The Kier molecular flexibility index (Phi) is 8.57. The molecule has 0 atom stereocenters. The van der Waals surface area contributed by atoms with Crippen LogP contribution < -0.4 is 4.72 Å². The quantitative estimate of drug-likeness (QED) is 0.315. The average Bonchev–Trinajstić information content (AvgIpc) is 3.11. The topological polar surface area (TPSA) is 51.1 Å². The standard InChI is InChI=1S/C25H27F5N2O2S.CH2F2/c1-23(2,3)15-32-14-17(13-31-35(33,34)18-11-24(26,27)12-18)20-9-8-16(10-22(20)32)19-6-4-5-7-21(19)25(28,29)30;2-1-3/h4-10,14,18,31H,11-13,15H2,1-3H3;1H2. The van der Waals surface area contributed by atoms with Crippen LogP contribution in [-0.2, 0) is 29.3 Å². The van der Waals surface area contributed by atoms with Crippen molar-refractivity contribution >= 4 is 20.9 Å². The molecule has 0 amide bonds. The minimum absolute atomic E-state index is 0.0542. The molecule has 0 unspecified atom stereocenters. The predicted molar refractivity (Wildman–Crippen MR) is 133 cm³/mol. The van der Waals surface area contributed by atoms with E-state index < -0.39 is 52.7 Å². The third kappa shape index (κ3) is 7.07. The van der Waals surface area contributed by atoms with Gasteiger partial charge in [-0.25, -0.2) is 30.7 Å². The van der Waals surface area contributed by atoms with Gasteiger partial charge in [-0.1, -0.05) is 51.1 Å². The van der Waals surface area contributed by atoms with Gasteiger partial charge in [0.05, 0.1) is 10.8 Å². The highest BCUT2D eigenvalue weighted by Gasteiger charge is 2.51. The third-order valence-corrected chi connectivity index (χ3v) is 7.87. The van der Waals surface area contributed by atoms with Crippen molar-refractivity contribution in [3.63, 3.8) is 0 Å². The Balaban J connectivity index is 0.00000127. The molecule has 0 spiro atoms. The van der Waals surface area contributed by atoms with Gasteiger partial charge < -0.3 is 4.57 Å². The summed E-state index contributed by atoms with van der Waals surface area (Å²) in [4.78, 5) is 0. The lowest BCUT2D eigenvalue weighted by atomic mass is 9.94. The van der Waals surface area contributed by atoms with E-state index >= 15 is 0 Å². The maximum absolute atomic E-state index is 13.6. The number of fused-ring (bicyclic) bond motifs is 1. The van der Waals surface area contributed by atoms with E-state index in [4.69, 9.17) is 0 Å². The van der Waals surface area contributed by atoms with E-state index in [1.807, 2.05) is 25.3 Å². The van der Waals surface area contributed by atoms with Gasteiger partial charge in [0.25, 0.3) is 5.92 Å². The number of alkyl halides is 7. The van der Waals surface area contributed by atoms with Gasteiger partial charge >= 0.3 is 6.18 Å². The summed E-state index contributed by atoms with van der Waals surface area (Å²) in [5, 5.41) is -0.449. The molecule has 1 aliphatic rings. The lowest BCUT2D eigenvalue weighted by Crippen LogP contribution is -2.48. The summed E-state index contributed by atoms with van der Waals surface area (Å²) < 4.78 is 116. The van der Waals surface area contributed by atoms with Crippen molar-refractivity contribution in [1.29, 1.82) is 0 Å². The van der Waals surface area contributed by atoms with Gasteiger partial charge in [-0.05, 0) is 34.2 Å². The minimum Gasteiger partial charge on any atom is -0.347 e. The molecule has 1 aliphatic carbocycles. The van der Waals surface area contributed by atoms with E-state index in [0.29, 0.717) is 28.6 Å². The molecule has 2 aromatic carbocycles. The second kappa shape index (κ2) is 10.9. The summed E-state index contributed by atoms with van der Waals surface area (Å²) in [5.41, 5.74) is 0.827. The molecule has 0 saturated heterocycles. The minimum atomic E-state index is -4.51. The molecule has 38 heavy (non-hydrogen) atoms. The molecule has 4 rings (SSSR count). The predicted octanol–water partition coefficient (Wildman–Crippen LogP) is 7.47. The number of hydrogen-bond acceptors (Lipinski definition) is 2. The highest BCUT2D eigenvalue weighted by molar-refractivity contribution is 7.90. The van der Waals surface area contributed by atoms with Gasteiger partial charge in [0.15, 0.2) is 0 Å². The Morgan fingerprint density at radius 2 is 1.63 bits per heavy atom.